The summed E-state index contributed by atoms with van der Waals surface area (Å²) in [4.78, 5) is 0. The molecule has 0 aromatic carbocycles. The van der Waals surface area contributed by atoms with E-state index in [2.05, 4.69) is 32.2 Å². The SMILES string of the molecule is CCC(CC)C(C)NC1CCCCC1C#N. The van der Waals surface area contributed by atoms with Crippen molar-refractivity contribution in [1.29, 1.82) is 5.26 Å². The minimum Gasteiger partial charge on any atom is -0.310 e. The molecule has 0 heterocycles. The predicted molar refractivity (Wildman–Crippen MR) is 68.0 cm³/mol. The van der Waals surface area contributed by atoms with Gasteiger partial charge < -0.3 is 5.32 Å². The summed E-state index contributed by atoms with van der Waals surface area (Å²) in [6.45, 7) is 6.80. The van der Waals surface area contributed by atoms with Gasteiger partial charge in [0.1, 0.15) is 0 Å². The van der Waals surface area contributed by atoms with E-state index in [1.165, 1.54) is 32.1 Å². The molecule has 0 saturated heterocycles. The number of nitriles is 1. The maximum Gasteiger partial charge on any atom is 0.0672 e. The summed E-state index contributed by atoms with van der Waals surface area (Å²) in [5, 5.41) is 12.8. The first-order chi connectivity index (χ1) is 7.72. The van der Waals surface area contributed by atoms with Crippen LogP contribution in [0.15, 0.2) is 0 Å². The monoisotopic (exact) mass is 222 g/mol. The van der Waals surface area contributed by atoms with Crippen LogP contribution in [0.5, 0.6) is 0 Å². The van der Waals surface area contributed by atoms with Crippen LogP contribution in [-0.4, -0.2) is 12.1 Å². The van der Waals surface area contributed by atoms with Crippen molar-refractivity contribution in [2.45, 2.75) is 71.4 Å². The molecule has 3 atom stereocenters. The van der Waals surface area contributed by atoms with E-state index >= 15 is 0 Å². The van der Waals surface area contributed by atoms with Crippen LogP contribution in [0.2, 0.25) is 0 Å². The Kier molecular flexibility index (Phi) is 5.84. The van der Waals surface area contributed by atoms with E-state index in [9.17, 15) is 0 Å². The molecule has 0 amide bonds. The van der Waals surface area contributed by atoms with Gasteiger partial charge in [0.15, 0.2) is 0 Å². The molecule has 0 spiro atoms. The molecule has 2 heteroatoms. The van der Waals surface area contributed by atoms with E-state index in [0.717, 1.165) is 12.3 Å². The average molecular weight is 222 g/mol. The fourth-order valence-corrected chi connectivity index (χ4v) is 2.95. The first kappa shape index (κ1) is 13.5. The first-order valence-electron chi connectivity index (χ1n) is 6.88. The van der Waals surface area contributed by atoms with Gasteiger partial charge in [0.25, 0.3) is 0 Å². The number of hydrogen-bond acceptors (Lipinski definition) is 2. The first-order valence-corrected chi connectivity index (χ1v) is 6.88. The summed E-state index contributed by atoms with van der Waals surface area (Å²) in [5.41, 5.74) is 0. The van der Waals surface area contributed by atoms with E-state index < -0.39 is 0 Å². The van der Waals surface area contributed by atoms with Crippen molar-refractivity contribution in [3.63, 3.8) is 0 Å². The number of nitrogens with zero attached hydrogens (tertiary/aromatic N) is 1. The Hall–Kier alpha value is -0.550. The standard InChI is InChI=1S/C14H26N2/c1-4-12(5-2)11(3)16-14-9-7-6-8-13(14)10-15/h11-14,16H,4-9H2,1-3H3. The molecule has 1 saturated carbocycles. The summed E-state index contributed by atoms with van der Waals surface area (Å²) >= 11 is 0. The van der Waals surface area contributed by atoms with Crippen LogP contribution in [-0.2, 0) is 0 Å². The molecule has 16 heavy (non-hydrogen) atoms. The third-order valence-electron chi connectivity index (χ3n) is 4.16. The molecule has 0 aromatic heterocycles. The molecule has 0 bridgehead atoms. The second kappa shape index (κ2) is 6.91. The molecule has 1 N–H and O–H groups in total. The summed E-state index contributed by atoms with van der Waals surface area (Å²) in [6.07, 6.45) is 7.25. The normalized spacial score (nSPS) is 27.7. The largest absolute Gasteiger partial charge is 0.310 e. The van der Waals surface area contributed by atoms with Gasteiger partial charge in [0, 0.05) is 12.1 Å². The van der Waals surface area contributed by atoms with Crippen LogP contribution in [0.1, 0.15) is 59.3 Å². The Bertz CT molecular complexity index is 227. The van der Waals surface area contributed by atoms with Crippen molar-refractivity contribution < 1.29 is 0 Å². The van der Waals surface area contributed by atoms with Gasteiger partial charge in [-0.05, 0) is 25.7 Å². The molecular formula is C14H26N2. The summed E-state index contributed by atoms with van der Waals surface area (Å²) in [7, 11) is 0. The molecule has 1 rings (SSSR count). The van der Waals surface area contributed by atoms with Gasteiger partial charge in [-0.2, -0.15) is 5.26 Å². The Labute approximate surface area is 100 Å². The van der Waals surface area contributed by atoms with Crippen molar-refractivity contribution >= 4 is 0 Å². The molecule has 1 fully saturated rings. The maximum atomic E-state index is 9.14. The fraction of sp³-hybridized carbons (Fsp3) is 0.929. The van der Waals surface area contributed by atoms with Crippen molar-refractivity contribution in [3.05, 3.63) is 0 Å². The van der Waals surface area contributed by atoms with Crippen LogP contribution in [0.25, 0.3) is 0 Å². The minimum absolute atomic E-state index is 0.241. The smallest absolute Gasteiger partial charge is 0.0672 e. The van der Waals surface area contributed by atoms with Gasteiger partial charge in [-0.15, -0.1) is 0 Å². The van der Waals surface area contributed by atoms with Crippen molar-refractivity contribution in [2.24, 2.45) is 11.8 Å². The van der Waals surface area contributed by atoms with Crippen LogP contribution >= 0.6 is 0 Å². The molecule has 92 valence electrons. The van der Waals surface area contributed by atoms with Gasteiger partial charge in [-0.3, -0.25) is 0 Å². The zero-order valence-corrected chi connectivity index (χ0v) is 11.0. The zero-order chi connectivity index (χ0) is 12.0. The highest BCUT2D eigenvalue weighted by Gasteiger charge is 2.27. The zero-order valence-electron chi connectivity index (χ0n) is 11.0. The van der Waals surface area contributed by atoms with E-state index in [4.69, 9.17) is 5.26 Å². The molecule has 3 unspecified atom stereocenters. The van der Waals surface area contributed by atoms with Gasteiger partial charge in [0.2, 0.25) is 0 Å². The third kappa shape index (κ3) is 3.49. The lowest BCUT2D eigenvalue weighted by Crippen LogP contribution is -2.45. The number of hydrogen-bond donors (Lipinski definition) is 1. The lowest BCUT2D eigenvalue weighted by atomic mass is 9.84. The van der Waals surface area contributed by atoms with Crippen LogP contribution in [0, 0.1) is 23.2 Å². The van der Waals surface area contributed by atoms with E-state index in [1.807, 2.05) is 0 Å². The maximum absolute atomic E-state index is 9.14. The number of rotatable bonds is 5. The molecule has 0 aromatic rings. The van der Waals surface area contributed by atoms with E-state index in [1.54, 1.807) is 0 Å². The highest BCUT2D eigenvalue weighted by Crippen LogP contribution is 2.25. The third-order valence-corrected chi connectivity index (χ3v) is 4.16. The summed E-state index contributed by atoms with van der Waals surface area (Å²) in [6, 6.07) is 3.46. The van der Waals surface area contributed by atoms with Crippen molar-refractivity contribution in [1.82, 2.24) is 5.32 Å². The molecule has 0 radical (unpaired) electrons. The second-order valence-electron chi connectivity index (χ2n) is 5.16. The summed E-state index contributed by atoms with van der Waals surface area (Å²) < 4.78 is 0. The molecule has 2 nitrogen and oxygen atoms in total. The van der Waals surface area contributed by atoms with Gasteiger partial charge >= 0.3 is 0 Å². The Morgan fingerprint density at radius 1 is 1.25 bits per heavy atom. The van der Waals surface area contributed by atoms with Gasteiger partial charge in [-0.1, -0.05) is 39.5 Å². The Morgan fingerprint density at radius 3 is 2.44 bits per heavy atom. The minimum atomic E-state index is 0.241. The van der Waals surface area contributed by atoms with Crippen molar-refractivity contribution in [3.8, 4) is 6.07 Å². The molecule has 0 aliphatic heterocycles. The number of nitrogens with one attached hydrogen (secondary N) is 1. The predicted octanol–water partition coefficient (Wildman–Crippen LogP) is 3.48. The molecule has 1 aliphatic carbocycles. The lowest BCUT2D eigenvalue weighted by Gasteiger charge is -2.33. The quantitative estimate of drug-likeness (QED) is 0.773. The molecule has 1 aliphatic rings. The van der Waals surface area contributed by atoms with Crippen LogP contribution < -0.4 is 5.32 Å². The molecular weight excluding hydrogens is 196 g/mol. The van der Waals surface area contributed by atoms with Crippen LogP contribution in [0.4, 0.5) is 0 Å². The fourth-order valence-electron chi connectivity index (χ4n) is 2.95. The van der Waals surface area contributed by atoms with E-state index in [-0.39, 0.29) is 5.92 Å². The Morgan fingerprint density at radius 2 is 1.88 bits per heavy atom. The lowest BCUT2D eigenvalue weighted by molar-refractivity contribution is 0.249. The summed E-state index contributed by atoms with van der Waals surface area (Å²) in [5.74, 6) is 0.992. The van der Waals surface area contributed by atoms with Gasteiger partial charge in [-0.25, -0.2) is 0 Å². The van der Waals surface area contributed by atoms with Crippen LogP contribution in [0.3, 0.4) is 0 Å². The van der Waals surface area contributed by atoms with Crippen molar-refractivity contribution in [2.75, 3.05) is 0 Å². The highest BCUT2D eigenvalue weighted by atomic mass is 15.0. The topological polar surface area (TPSA) is 35.8 Å². The van der Waals surface area contributed by atoms with E-state index in [0.29, 0.717) is 12.1 Å². The Balaban J connectivity index is 2.48. The van der Waals surface area contributed by atoms with Gasteiger partial charge in [0.05, 0.1) is 12.0 Å². The average Bonchev–Trinajstić information content (AvgIpc) is 2.31. The highest BCUT2D eigenvalue weighted by molar-refractivity contribution is 4.95. The second-order valence-corrected chi connectivity index (χ2v) is 5.16.